The predicted molar refractivity (Wildman–Crippen MR) is 91.6 cm³/mol. The maximum Gasteiger partial charge on any atom is 0.281 e. The maximum absolute atomic E-state index is 12.3. The Labute approximate surface area is 144 Å². The summed E-state index contributed by atoms with van der Waals surface area (Å²) in [4.78, 5) is 16.4. The van der Waals surface area contributed by atoms with E-state index in [1.54, 1.807) is 40.9 Å². The highest BCUT2D eigenvalue weighted by Crippen LogP contribution is 2.29. The Balaban J connectivity index is 2.07. The van der Waals surface area contributed by atoms with Gasteiger partial charge in [-0.25, -0.2) is 9.73 Å². The molecule has 1 N–H and O–H groups in total. The summed E-state index contributed by atoms with van der Waals surface area (Å²) in [5.74, 6) is 0. The minimum absolute atomic E-state index is 0.370. The first-order chi connectivity index (χ1) is 11.0. The molecular weight excluding hydrogens is 359 g/mol. The van der Waals surface area contributed by atoms with E-state index in [2.05, 4.69) is 15.3 Å². The lowest BCUT2D eigenvalue weighted by Crippen LogP contribution is -2.10. The zero-order valence-corrected chi connectivity index (χ0v) is 13.6. The molecule has 2 aromatic heterocycles. The van der Waals surface area contributed by atoms with Gasteiger partial charge in [0, 0.05) is 10.6 Å². The van der Waals surface area contributed by atoms with Crippen LogP contribution < -0.4 is 5.56 Å². The molecule has 5 nitrogen and oxygen atoms in total. The largest absolute Gasteiger partial charge is 0.281 e. The Hall–Kier alpha value is -2.08. The fourth-order valence-electron chi connectivity index (χ4n) is 2.44. The molecule has 0 fully saturated rings. The van der Waals surface area contributed by atoms with Crippen molar-refractivity contribution in [2.24, 2.45) is 0 Å². The van der Waals surface area contributed by atoms with Crippen molar-refractivity contribution in [3.05, 3.63) is 61.8 Å². The first-order valence-corrected chi connectivity index (χ1v) is 7.70. The van der Waals surface area contributed by atoms with Gasteiger partial charge >= 0.3 is 0 Å². The number of nitrogens with one attached hydrogen (secondary N) is 1. The van der Waals surface area contributed by atoms with Gasteiger partial charge in [0.25, 0.3) is 5.56 Å². The van der Waals surface area contributed by atoms with Crippen molar-refractivity contribution in [3.63, 3.8) is 0 Å². The molecule has 0 aliphatic heterocycles. The summed E-state index contributed by atoms with van der Waals surface area (Å²) in [6.45, 7) is 0. The van der Waals surface area contributed by atoms with Crippen LogP contribution in [0.2, 0.25) is 15.1 Å². The number of hydrogen-bond acceptors (Lipinski definition) is 3. The van der Waals surface area contributed by atoms with Gasteiger partial charge in [-0.1, -0.05) is 40.9 Å². The Morgan fingerprint density at radius 3 is 2.61 bits per heavy atom. The Morgan fingerprint density at radius 2 is 1.83 bits per heavy atom. The molecule has 114 valence electrons. The average molecular weight is 366 g/mol. The van der Waals surface area contributed by atoms with E-state index in [1.165, 1.54) is 0 Å². The second kappa shape index (κ2) is 5.23. The molecule has 0 atom stereocenters. The summed E-state index contributed by atoms with van der Waals surface area (Å²) in [5, 5.41) is 8.85. The quantitative estimate of drug-likeness (QED) is 0.550. The fourth-order valence-corrected chi connectivity index (χ4v) is 2.91. The van der Waals surface area contributed by atoms with Crippen molar-refractivity contribution in [2.75, 3.05) is 0 Å². The second-order valence-corrected chi connectivity index (χ2v) is 6.18. The summed E-state index contributed by atoms with van der Waals surface area (Å²) in [6.07, 6.45) is 0. The smallest absolute Gasteiger partial charge is 0.267 e. The monoisotopic (exact) mass is 364 g/mol. The first kappa shape index (κ1) is 14.5. The maximum atomic E-state index is 12.3. The van der Waals surface area contributed by atoms with Crippen molar-refractivity contribution in [1.29, 1.82) is 0 Å². The van der Waals surface area contributed by atoms with Crippen LogP contribution in [0.3, 0.4) is 0 Å². The van der Waals surface area contributed by atoms with Crippen LogP contribution in [0.15, 0.2) is 41.2 Å². The van der Waals surface area contributed by atoms with Gasteiger partial charge in [0.15, 0.2) is 5.65 Å². The van der Waals surface area contributed by atoms with Crippen LogP contribution in [0.5, 0.6) is 0 Å². The standard InChI is InChI=1S/C15H7Cl3N4O/c16-8-2-4-12-9(6-8)15(23)19-14-13(20-21-22(12)14)7-1-3-10(17)11(18)5-7/h1-6,21H. The van der Waals surface area contributed by atoms with Crippen LogP contribution in [0, 0.1) is 0 Å². The number of rotatable bonds is 1. The van der Waals surface area contributed by atoms with Crippen LogP contribution in [-0.4, -0.2) is 19.8 Å². The third-order valence-corrected chi connectivity index (χ3v) is 4.49. The topological polar surface area (TPSA) is 63.0 Å². The van der Waals surface area contributed by atoms with E-state index in [-0.39, 0.29) is 5.56 Å². The van der Waals surface area contributed by atoms with Crippen LogP contribution in [0.1, 0.15) is 0 Å². The molecule has 0 aliphatic rings. The van der Waals surface area contributed by atoms with Crippen LogP contribution in [-0.2, 0) is 0 Å². The van der Waals surface area contributed by atoms with Gasteiger partial charge in [0.2, 0.25) is 0 Å². The number of benzene rings is 2. The highest BCUT2D eigenvalue weighted by atomic mass is 35.5. The van der Waals surface area contributed by atoms with Gasteiger partial charge in [-0.3, -0.25) is 4.79 Å². The number of aromatic nitrogens is 4. The molecule has 0 spiro atoms. The van der Waals surface area contributed by atoms with E-state index < -0.39 is 0 Å². The van der Waals surface area contributed by atoms with Gasteiger partial charge in [0.1, 0.15) is 5.69 Å². The Bertz CT molecular complexity index is 1130. The molecule has 4 rings (SSSR count). The molecule has 8 heteroatoms. The number of halogens is 3. The van der Waals surface area contributed by atoms with Gasteiger partial charge < -0.3 is 0 Å². The SMILES string of the molecule is O=c1nc2c(-c3ccc(Cl)c(Cl)c3)n[nH]n2c2ccc(Cl)cc12. The molecule has 0 unspecified atom stereocenters. The van der Waals surface area contributed by atoms with E-state index in [4.69, 9.17) is 34.8 Å². The summed E-state index contributed by atoms with van der Waals surface area (Å²) in [5.41, 5.74) is 1.90. The number of hydrogen-bond donors (Lipinski definition) is 1. The average Bonchev–Trinajstić information content (AvgIpc) is 2.94. The van der Waals surface area contributed by atoms with Crippen LogP contribution in [0.25, 0.3) is 27.8 Å². The zero-order valence-electron chi connectivity index (χ0n) is 11.3. The molecule has 0 radical (unpaired) electrons. The molecular formula is C15H7Cl3N4O. The van der Waals surface area contributed by atoms with Crippen molar-refractivity contribution in [1.82, 2.24) is 19.8 Å². The van der Waals surface area contributed by atoms with Crippen molar-refractivity contribution in [3.8, 4) is 11.3 Å². The molecule has 0 aliphatic carbocycles. The lowest BCUT2D eigenvalue weighted by molar-refractivity contribution is 0.874. The molecule has 0 bridgehead atoms. The molecule has 0 amide bonds. The second-order valence-electron chi connectivity index (χ2n) is 4.93. The fraction of sp³-hybridized carbons (Fsp3) is 0. The highest BCUT2D eigenvalue weighted by molar-refractivity contribution is 6.42. The highest BCUT2D eigenvalue weighted by Gasteiger charge is 2.14. The third-order valence-electron chi connectivity index (χ3n) is 3.52. The molecule has 2 aromatic carbocycles. The third kappa shape index (κ3) is 2.28. The summed E-state index contributed by atoms with van der Waals surface area (Å²) in [7, 11) is 0. The molecule has 0 saturated carbocycles. The normalized spacial score (nSPS) is 11.4. The van der Waals surface area contributed by atoms with Gasteiger partial charge in [0.05, 0.1) is 20.9 Å². The van der Waals surface area contributed by atoms with Crippen molar-refractivity contribution in [2.45, 2.75) is 0 Å². The lowest BCUT2D eigenvalue weighted by atomic mass is 10.1. The van der Waals surface area contributed by atoms with Gasteiger partial charge in [-0.2, -0.15) is 10.1 Å². The van der Waals surface area contributed by atoms with E-state index in [0.717, 1.165) is 0 Å². The van der Waals surface area contributed by atoms with Crippen LogP contribution >= 0.6 is 34.8 Å². The van der Waals surface area contributed by atoms with Crippen molar-refractivity contribution < 1.29 is 0 Å². The summed E-state index contributed by atoms with van der Waals surface area (Å²) < 4.78 is 1.63. The van der Waals surface area contributed by atoms with Crippen molar-refractivity contribution >= 4 is 51.4 Å². The first-order valence-electron chi connectivity index (χ1n) is 6.56. The van der Waals surface area contributed by atoms with E-state index >= 15 is 0 Å². The minimum atomic E-state index is -0.370. The zero-order chi connectivity index (χ0) is 16.1. The lowest BCUT2D eigenvalue weighted by Gasteiger charge is -2.02. The van der Waals surface area contributed by atoms with Gasteiger partial charge in [-0.05, 0) is 30.3 Å². The summed E-state index contributed by atoms with van der Waals surface area (Å²) in [6, 6.07) is 10.1. The van der Waals surface area contributed by atoms with E-state index in [1.807, 2.05) is 0 Å². The Morgan fingerprint density at radius 1 is 1.00 bits per heavy atom. The molecule has 0 saturated heterocycles. The molecule has 4 aromatic rings. The van der Waals surface area contributed by atoms with E-state index in [0.29, 0.717) is 42.9 Å². The minimum Gasteiger partial charge on any atom is -0.267 e. The Kier molecular flexibility index (Phi) is 3.30. The van der Waals surface area contributed by atoms with Crippen LogP contribution in [0.4, 0.5) is 0 Å². The number of fused-ring (bicyclic) bond motifs is 3. The number of aromatic amines is 1. The number of H-pyrrole nitrogens is 1. The number of nitrogens with zero attached hydrogens (tertiary/aromatic N) is 3. The molecule has 2 heterocycles. The summed E-state index contributed by atoms with van der Waals surface area (Å²) >= 11 is 17.9. The van der Waals surface area contributed by atoms with E-state index in [9.17, 15) is 4.79 Å². The van der Waals surface area contributed by atoms with Gasteiger partial charge in [-0.15, -0.1) is 0 Å². The predicted octanol–water partition coefficient (Wildman–Crippen LogP) is 4.20. The molecule has 23 heavy (non-hydrogen) atoms.